The number of amides is 1. The van der Waals surface area contributed by atoms with Gasteiger partial charge in [0.2, 0.25) is 5.91 Å². The van der Waals surface area contributed by atoms with E-state index in [9.17, 15) is 9.59 Å². The lowest BCUT2D eigenvalue weighted by Crippen LogP contribution is -2.35. The van der Waals surface area contributed by atoms with E-state index in [1.165, 1.54) is 0 Å². The molecular formula is C12H24N2O3. The molecule has 0 radical (unpaired) electrons. The van der Waals surface area contributed by atoms with Crippen LogP contribution in [0.25, 0.3) is 0 Å². The first-order chi connectivity index (χ1) is 7.76. The summed E-state index contributed by atoms with van der Waals surface area (Å²) in [5.74, 6) is -1.48. The maximum Gasteiger partial charge on any atom is 0.308 e. The Balaban J connectivity index is 4.10. The zero-order valence-electron chi connectivity index (χ0n) is 11.2. The Morgan fingerprint density at radius 3 is 2.29 bits per heavy atom. The third-order valence-electron chi connectivity index (χ3n) is 2.36. The van der Waals surface area contributed by atoms with Gasteiger partial charge in [-0.3, -0.25) is 9.59 Å². The third kappa shape index (κ3) is 8.68. The van der Waals surface area contributed by atoms with Gasteiger partial charge in [-0.25, -0.2) is 0 Å². The Labute approximate surface area is 103 Å². The summed E-state index contributed by atoms with van der Waals surface area (Å²) in [5, 5.41) is 14.6. The van der Waals surface area contributed by atoms with Crippen molar-refractivity contribution >= 4 is 11.9 Å². The van der Waals surface area contributed by atoms with E-state index in [0.717, 1.165) is 0 Å². The fourth-order valence-electron chi connectivity index (χ4n) is 1.55. The van der Waals surface area contributed by atoms with Gasteiger partial charge in [0.25, 0.3) is 0 Å². The maximum absolute atomic E-state index is 11.4. The summed E-state index contributed by atoms with van der Waals surface area (Å²) >= 11 is 0. The topological polar surface area (TPSA) is 78.4 Å². The summed E-state index contributed by atoms with van der Waals surface area (Å²) in [6.07, 6.45) is 0.924. The summed E-state index contributed by atoms with van der Waals surface area (Å²) < 4.78 is 0. The van der Waals surface area contributed by atoms with Crippen molar-refractivity contribution in [3.05, 3.63) is 0 Å². The molecule has 0 aliphatic heterocycles. The average Bonchev–Trinajstić information content (AvgIpc) is 2.19. The average molecular weight is 244 g/mol. The third-order valence-corrected chi connectivity index (χ3v) is 2.36. The predicted molar refractivity (Wildman–Crippen MR) is 66.8 cm³/mol. The second-order valence-electron chi connectivity index (χ2n) is 5.46. The van der Waals surface area contributed by atoms with Crippen LogP contribution in [0.4, 0.5) is 0 Å². The Kier molecular flexibility index (Phi) is 6.80. The lowest BCUT2D eigenvalue weighted by molar-refractivity contribution is -0.142. The Bertz CT molecular complexity index is 259. The molecular weight excluding hydrogens is 220 g/mol. The zero-order chi connectivity index (χ0) is 13.5. The molecule has 1 atom stereocenters. The molecule has 5 nitrogen and oxygen atoms in total. The van der Waals surface area contributed by atoms with Crippen LogP contribution in [0.2, 0.25) is 0 Å². The van der Waals surface area contributed by atoms with Crippen molar-refractivity contribution in [3.8, 4) is 0 Å². The van der Waals surface area contributed by atoms with Crippen LogP contribution in [-0.2, 0) is 9.59 Å². The molecule has 1 unspecified atom stereocenters. The molecule has 0 bridgehead atoms. The highest BCUT2D eigenvalue weighted by atomic mass is 16.4. The number of carbonyl (C=O) groups excluding carboxylic acids is 1. The van der Waals surface area contributed by atoms with Crippen LogP contribution < -0.4 is 10.6 Å². The number of aliphatic carboxylic acids is 1. The number of carboxylic acids is 1. The lowest BCUT2D eigenvalue weighted by Gasteiger charge is -2.23. The normalized spacial score (nSPS) is 13.2. The maximum atomic E-state index is 11.4. The number of hydrogen-bond acceptors (Lipinski definition) is 3. The van der Waals surface area contributed by atoms with Crippen LogP contribution in [0.3, 0.4) is 0 Å². The monoisotopic (exact) mass is 244 g/mol. The molecule has 0 rings (SSSR count). The fourth-order valence-corrected chi connectivity index (χ4v) is 1.55. The van der Waals surface area contributed by atoms with Gasteiger partial charge in [0.1, 0.15) is 0 Å². The summed E-state index contributed by atoms with van der Waals surface area (Å²) in [6, 6.07) is 0. The minimum absolute atomic E-state index is 0.0568. The highest BCUT2D eigenvalue weighted by Gasteiger charge is 2.24. The Hall–Kier alpha value is -1.10. The number of carbonyl (C=O) groups is 2. The molecule has 0 aromatic carbocycles. The van der Waals surface area contributed by atoms with Gasteiger partial charge in [-0.05, 0) is 18.9 Å². The quantitative estimate of drug-likeness (QED) is 0.620. The second kappa shape index (κ2) is 7.27. The summed E-state index contributed by atoms with van der Waals surface area (Å²) in [4.78, 5) is 22.4. The summed E-state index contributed by atoms with van der Waals surface area (Å²) in [6.45, 7) is 6.78. The SMILES string of the molecule is CNCCC(=O)NCC(CC(C)(C)C)C(=O)O. The Morgan fingerprint density at radius 1 is 1.29 bits per heavy atom. The van der Waals surface area contributed by atoms with Crippen LogP contribution in [0.5, 0.6) is 0 Å². The van der Waals surface area contributed by atoms with Gasteiger partial charge in [-0.2, -0.15) is 0 Å². The van der Waals surface area contributed by atoms with Crippen molar-refractivity contribution in [1.82, 2.24) is 10.6 Å². The van der Waals surface area contributed by atoms with Crippen LogP contribution in [0.1, 0.15) is 33.6 Å². The van der Waals surface area contributed by atoms with Crippen molar-refractivity contribution in [3.63, 3.8) is 0 Å². The van der Waals surface area contributed by atoms with Gasteiger partial charge in [-0.1, -0.05) is 20.8 Å². The fraction of sp³-hybridized carbons (Fsp3) is 0.833. The van der Waals surface area contributed by atoms with E-state index in [0.29, 0.717) is 19.4 Å². The van der Waals surface area contributed by atoms with Crippen molar-refractivity contribution in [2.45, 2.75) is 33.6 Å². The molecule has 0 saturated heterocycles. The molecule has 0 spiro atoms. The van der Waals surface area contributed by atoms with Crippen LogP contribution in [-0.4, -0.2) is 37.1 Å². The molecule has 100 valence electrons. The van der Waals surface area contributed by atoms with Crippen LogP contribution in [0, 0.1) is 11.3 Å². The van der Waals surface area contributed by atoms with Gasteiger partial charge in [-0.15, -0.1) is 0 Å². The molecule has 17 heavy (non-hydrogen) atoms. The number of hydrogen-bond donors (Lipinski definition) is 3. The molecule has 5 heteroatoms. The molecule has 0 aromatic rings. The van der Waals surface area contributed by atoms with E-state index in [4.69, 9.17) is 5.11 Å². The van der Waals surface area contributed by atoms with E-state index in [1.54, 1.807) is 7.05 Å². The van der Waals surface area contributed by atoms with Crippen LogP contribution in [0.15, 0.2) is 0 Å². The van der Waals surface area contributed by atoms with E-state index < -0.39 is 11.9 Å². The lowest BCUT2D eigenvalue weighted by atomic mass is 9.84. The van der Waals surface area contributed by atoms with Gasteiger partial charge < -0.3 is 15.7 Å². The van der Waals surface area contributed by atoms with Crippen molar-refractivity contribution in [1.29, 1.82) is 0 Å². The van der Waals surface area contributed by atoms with Crippen molar-refractivity contribution in [2.75, 3.05) is 20.1 Å². The standard InChI is InChI=1S/C12H24N2O3/c1-12(2,3)7-9(11(16)17)8-14-10(15)5-6-13-4/h9,13H,5-8H2,1-4H3,(H,14,15)(H,16,17). The second-order valence-corrected chi connectivity index (χ2v) is 5.46. The van der Waals surface area contributed by atoms with Crippen molar-refractivity contribution < 1.29 is 14.7 Å². The molecule has 3 N–H and O–H groups in total. The van der Waals surface area contributed by atoms with Crippen molar-refractivity contribution in [2.24, 2.45) is 11.3 Å². The molecule has 0 fully saturated rings. The minimum atomic E-state index is -0.853. The van der Waals surface area contributed by atoms with E-state index >= 15 is 0 Å². The van der Waals surface area contributed by atoms with E-state index in [-0.39, 0.29) is 17.9 Å². The van der Waals surface area contributed by atoms with E-state index in [1.807, 2.05) is 20.8 Å². The molecule has 0 saturated carbocycles. The minimum Gasteiger partial charge on any atom is -0.481 e. The highest BCUT2D eigenvalue weighted by molar-refractivity contribution is 5.77. The van der Waals surface area contributed by atoms with Gasteiger partial charge in [0.05, 0.1) is 5.92 Å². The molecule has 0 heterocycles. The first kappa shape index (κ1) is 15.9. The summed E-state index contributed by atoms with van der Waals surface area (Å²) in [5.41, 5.74) is -0.0568. The first-order valence-electron chi connectivity index (χ1n) is 5.90. The summed E-state index contributed by atoms with van der Waals surface area (Å²) in [7, 11) is 1.77. The number of rotatable bonds is 7. The number of carboxylic acid groups (broad SMARTS) is 1. The first-order valence-corrected chi connectivity index (χ1v) is 5.90. The molecule has 0 aromatic heterocycles. The smallest absolute Gasteiger partial charge is 0.308 e. The van der Waals surface area contributed by atoms with Gasteiger partial charge in [0.15, 0.2) is 0 Å². The highest BCUT2D eigenvalue weighted by Crippen LogP contribution is 2.24. The van der Waals surface area contributed by atoms with E-state index in [2.05, 4.69) is 10.6 Å². The number of nitrogens with one attached hydrogen (secondary N) is 2. The largest absolute Gasteiger partial charge is 0.481 e. The molecule has 0 aliphatic carbocycles. The zero-order valence-corrected chi connectivity index (χ0v) is 11.2. The van der Waals surface area contributed by atoms with Crippen LogP contribution >= 0.6 is 0 Å². The molecule has 1 amide bonds. The van der Waals surface area contributed by atoms with Gasteiger partial charge in [0, 0.05) is 19.5 Å². The van der Waals surface area contributed by atoms with Gasteiger partial charge >= 0.3 is 5.97 Å². The molecule has 0 aliphatic rings. The predicted octanol–water partition coefficient (Wildman–Crippen LogP) is 0.849. The Morgan fingerprint density at radius 2 is 1.88 bits per heavy atom.